The Kier molecular flexibility index (Phi) is 4.61. The van der Waals surface area contributed by atoms with Crippen LogP contribution >= 0.6 is 11.3 Å². The zero-order chi connectivity index (χ0) is 16.5. The largest absolute Gasteiger partial charge is 0.317 e. The minimum atomic E-state index is -0.178. The molecule has 2 nitrogen and oxygen atoms in total. The minimum Gasteiger partial charge on any atom is -0.317 e. The topological polar surface area (TPSA) is 29.1 Å². The van der Waals surface area contributed by atoms with Gasteiger partial charge in [-0.15, -0.1) is 11.3 Å². The third kappa shape index (κ3) is 3.51. The van der Waals surface area contributed by atoms with Crippen molar-refractivity contribution in [3.8, 4) is 0 Å². The Hall–Kier alpha value is -1.19. The van der Waals surface area contributed by atoms with Crippen molar-refractivity contribution in [3.05, 3.63) is 35.2 Å². The molecule has 0 saturated carbocycles. The first-order valence-corrected chi connectivity index (χ1v) is 9.51. The molecule has 1 fully saturated rings. The third-order valence-corrected chi connectivity index (χ3v) is 6.08. The van der Waals surface area contributed by atoms with Crippen LogP contribution in [0.1, 0.15) is 56.8 Å². The number of benzene rings is 1. The Labute approximate surface area is 143 Å². The highest BCUT2D eigenvalue weighted by Gasteiger charge is 2.40. The van der Waals surface area contributed by atoms with E-state index in [4.69, 9.17) is 0 Å². The zero-order valence-electron chi connectivity index (χ0n) is 14.4. The molecule has 1 N–H and O–H groups in total. The average molecular weight is 330 g/mol. The van der Waals surface area contributed by atoms with E-state index < -0.39 is 0 Å². The van der Waals surface area contributed by atoms with E-state index in [0.29, 0.717) is 5.78 Å². The van der Waals surface area contributed by atoms with Gasteiger partial charge in [-0.3, -0.25) is 4.79 Å². The number of nitrogens with one attached hydrogen (secondary N) is 1. The quantitative estimate of drug-likeness (QED) is 0.773. The normalized spacial score (nSPS) is 18.2. The van der Waals surface area contributed by atoms with Crippen molar-refractivity contribution in [1.82, 2.24) is 5.32 Å². The monoisotopic (exact) mass is 329 g/mol. The maximum atomic E-state index is 13.5. The molecule has 0 bridgehead atoms. The van der Waals surface area contributed by atoms with E-state index in [1.807, 2.05) is 12.1 Å². The van der Waals surface area contributed by atoms with Crippen molar-refractivity contribution in [3.63, 3.8) is 0 Å². The summed E-state index contributed by atoms with van der Waals surface area (Å²) in [5.41, 5.74) is 1.04. The number of carbonyl (C=O) groups excluding carboxylic acids is 1. The number of hydrogen-bond donors (Lipinski definition) is 1. The van der Waals surface area contributed by atoms with Gasteiger partial charge in [0.05, 0.1) is 0 Å². The number of fused-ring (bicyclic) bond motifs is 1. The van der Waals surface area contributed by atoms with Crippen LogP contribution < -0.4 is 5.32 Å². The molecule has 0 amide bonds. The average Bonchev–Trinajstić information content (AvgIpc) is 2.96. The van der Waals surface area contributed by atoms with Crippen molar-refractivity contribution in [2.75, 3.05) is 13.1 Å². The molecule has 0 spiro atoms. The van der Waals surface area contributed by atoms with Gasteiger partial charge < -0.3 is 5.32 Å². The van der Waals surface area contributed by atoms with Gasteiger partial charge in [-0.2, -0.15) is 0 Å². The van der Waals surface area contributed by atoms with Crippen LogP contribution in [0.15, 0.2) is 29.6 Å². The van der Waals surface area contributed by atoms with Gasteiger partial charge in [0.25, 0.3) is 0 Å². The molecule has 1 saturated heterocycles. The van der Waals surface area contributed by atoms with Crippen molar-refractivity contribution in [2.45, 2.75) is 46.5 Å². The van der Waals surface area contributed by atoms with Gasteiger partial charge >= 0.3 is 0 Å². The van der Waals surface area contributed by atoms with Crippen LogP contribution in [0.2, 0.25) is 0 Å². The lowest BCUT2D eigenvalue weighted by Gasteiger charge is -2.38. The van der Waals surface area contributed by atoms with Crippen LogP contribution in [0.4, 0.5) is 0 Å². The maximum Gasteiger partial charge on any atom is 0.170 e. The molecule has 0 unspecified atom stereocenters. The molecule has 0 atom stereocenters. The van der Waals surface area contributed by atoms with E-state index in [9.17, 15) is 4.79 Å². The Morgan fingerprint density at radius 1 is 1.22 bits per heavy atom. The van der Waals surface area contributed by atoms with Gasteiger partial charge in [0.15, 0.2) is 5.78 Å². The second kappa shape index (κ2) is 6.37. The summed E-state index contributed by atoms with van der Waals surface area (Å²) in [5, 5.41) is 6.64. The molecule has 0 radical (unpaired) electrons. The molecule has 1 aromatic carbocycles. The number of carbonyl (C=O) groups is 1. The minimum absolute atomic E-state index is 0.178. The van der Waals surface area contributed by atoms with E-state index >= 15 is 0 Å². The molecule has 3 rings (SSSR count). The van der Waals surface area contributed by atoms with E-state index in [2.05, 4.69) is 43.6 Å². The van der Waals surface area contributed by atoms with Gasteiger partial charge in [-0.25, -0.2) is 0 Å². The first-order valence-electron chi connectivity index (χ1n) is 8.63. The summed E-state index contributed by atoms with van der Waals surface area (Å²) in [4.78, 5) is 13.5. The number of thiophene rings is 1. The molecule has 3 heteroatoms. The maximum absolute atomic E-state index is 13.5. The van der Waals surface area contributed by atoms with Crippen LogP contribution in [0, 0.1) is 10.8 Å². The summed E-state index contributed by atoms with van der Waals surface area (Å²) >= 11 is 1.69. The van der Waals surface area contributed by atoms with Crippen molar-refractivity contribution in [2.24, 2.45) is 10.8 Å². The molecule has 124 valence electrons. The molecule has 2 heterocycles. The number of rotatable bonds is 4. The summed E-state index contributed by atoms with van der Waals surface area (Å²) in [6.45, 7) is 8.72. The van der Waals surface area contributed by atoms with Crippen LogP contribution in [0.25, 0.3) is 10.1 Å². The van der Waals surface area contributed by atoms with Gasteiger partial charge in [-0.05, 0) is 50.3 Å². The third-order valence-electron chi connectivity index (χ3n) is 5.12. The number of Topliss-reactive ketones (excluding diaryl/α,β-unsaturated/α-hetero) is 1. The molecular weight excluding hydrogens is 302 g/mol. The number of piperidine rings is 1. The SMILES string of the molecule is CC(C)(C)CCC1(C(=O)c2csc3ccccc23)CCNCC1. The highest BCUT2D eigenvalue weighted by Crippen LogP contribution is 2.42. The Morgan fingerprint density at radius 3 is 2.61 bits per heavy atom. The second-order valence-electron chi connectivity index (χ2n) is 8.07. The van der Waals surface area contributed by atoms with E-state index in [-0.39, 0.29) is 10.8 Å². The van der Waals surface area contributed by atoms with Crippen molar-refractivity contribution < 1.29 is 4.79 Å². The van der Waals surface area contributed by atoms with Gasteiger partial charge in [0.1, 0.15) is 0 Å². The fourth-order valence-corrected chi connectivity index (χ4v) is 4.49. The summed E-state index contributed by atoms with van der Waals surface area (Å²) < 4.78 is 1.22. The summed E-state index contributed by atoms with van der Waals surface area (Å²) in [6, 6.07) is 8.29. The molecule has 23 heavy (non-hydrogen) atoms. The van der Waals surface area contributed by atoms with E-state index in [0.717, 1.165) is 49.7 Å². The fourth-order valence-electron chi connectivity index (χ4n) is 3.55. The lowest BCUT2D eigenvalue weighted by Crippen LogP contribution is -2.42. The number of ketones is 1. The lowest BCUT2D eigenvalue weighted by molar-refractivity contribution is 0.0679. The van der Waals surface area contributed by atoms with Gasteiger partial charge in [0.2, 0.25) is 0 Å². The fraction of sp³-hybridized carbons (Fsp3) is 0.550. The Morgan fingerprint density at radius 2 is 1.91 bits per heavy atom. The van der Waals surface area contributed by atoms with Crippen molar-refractivity contribution >= 4 is 27.2 Å². The lowest BCUT2D eigenvalue weighted by atomic mass is 9.68. The predicted molar refractivity (Wildman–Crippen MR) is 99.4 cm³/mol. The molecular formula is C20H27NOS. The first-order chi connectivity index (χ1) is 10.9. The van der Waals surface area contributed by atoms with Gasteiger partial charge in [-0.1, -0.05) is 39.0 Å². The molecule has 1 aromatic heterocycles. The Balaban J connectivity index is 1.94. The molecule has 0 aliphatic carbocycles. The van der Waals surface area contributed by atoms with Crippen molar-refractivity contribution in [1.29, 1.82) is 0 Å². The van der Waals surface area contributed by atoms with Crippen LogP contribution in [-0.4, -0.2) is 18.9 Å². The first kappa shape index (κ1) is 16.7. The van der Waals surface area contributed by atoms with Crippen LogP contribution in [0.3, 0.4) is 0 Å². The molecule has 1 aliphatic heterocycles. The van der Waals surface area contributed by atoms with E-state index in [1.165, 1.54) is 4.70 Å². The summed E-state index contributed by atoms with van der Waals surface area (Å²) in [5.74, 6) is 0.376. The van der Waals surface area contributed by atoms with Crippen LogP contribution in [-0.2, 0) is 0 Å². The molecule has 1 aliphatic rings. The van der Waals surface area contributed by atoms with Gasteiger partial charge in [0, 0.05) is 26.4 Å². The predicted octanol–water partition coefficient (Wildman–Crippen LogP) is 5.28. The highest BCUT2D eigenvalue weighted by atomic mass is 32.1. The zero-order valence-corrected chi connectivity index (χ0v) is 15.3. The number of hydrogen-bond acceptors (Lipinski definition) is 3. The standard InChI is InChI=1S/C20H27NOS/c1-19(2,3)8-9-20(10-12-21-13-11-20)18(22)16-14-23-17-7-5-4-6-15(16)17/h4-7,14,21H,8-13H2,1-3H3. The molecule has 2 aromatic rings. The summed E-state index contributed by atoms with van der Waals surface area (Å²) in [7, 11) is 0. The van der Waals surface area contributed by atoms with E-state index in [1.54, 1.807) is 11.3 Å². The summed E-state index contributed by atoms with van der Waals surface area (Å²) in [6.07, 6.45) is 4.03. The van der Waals surface area contributed by atoms with Crippen LogP contribution in [0.5, 0.6) is 0 Å². The highest BCUT2D eigenvalue weighted by molar-refractivity contribution is 7.17. The Bertz CT molecular complexity index is 689. The smallest absolute Gasteiger partial charge is 0.170 e. The second-order valence-corrected chi connectivity index (χ2v) is 8.98.